The van der Waals surface area contributed by atoms with E-state index >= 15 is 0 Å². The average molecular weight is 171 g/mol. The monoisotopic (exact) mass is 171 g/mol. The zero-order valence-electron chi connectivity index (χ0n) is 7.51. The van der Waals surface area contributed by atoms with Crippen molar-refractivity contribution in [3.05, 3.63) is 54.6 Å². The Morgan fingerprint density at radius 2 is 1.62 bits per heavy atom. The van der Waals surface area contributed by atoms with Crippen molar-refractivity contribution in [2.24, 2.45) is 0 Å². The van der Waals surface area contributed by atoms with Gasteiger partial charge in [0.1, 0.15) is 0 Å². The largest absolute Gasteiger partial charge is 0.252 e. The second-order valence-corrected chi connectivity index (χ2v) is 2.99. The van der Waals surface area contributed by atoms with Gasteiger partial charge in [-0.3, -0.25) is 4.98 Å². The Morgan fingerprint density at radius 3 is 2.23 bits per heavy atom. The molecule has 0 radical (unpaired) electrons. The molecule has 0 saturated heterocycles. The molecule has 2 rings (SSSR count). The molecule has 0 bridgehead atoms. The molecule has 0 aliphatic rings. The van der Waals surface area contributed by atoms with Gasteiger partial charge in [-0.25, -0.2) is 0 Å². The molecule has 1 aromatic heterocycles. The Hall–Kier alpha value is -1.70. The van der Waals surface area contributed by atoms with E-state index in [0.29, 0.717) is 0 Å². The van der Waals surface area contributed by atoms with E-state index in [1.165, 1.54) is 5.56 Å². The van der Waals surface area contributed by atoms with Gasteiger partial charge in [-0.2, -0.15) is 4.57 Å². The fraction of sp³-hybridized carbons (Fsp3) is 0.0909. The molecule has 0 aliphatic heterocycles. The molecule has 0 saturated carbocycles. The molecule has 1 heterocycles. The Balaban J connectivity index is 2.42. The Labute approximate surface area is 77.5 Å². The molecule has 64 valence electrons. The maximum atomic E-state index is 3.97. The topological polar surface area (TPSA) is 16.8 Å². The van der Waals surface area contributed by atoms with Gasteiger partial charge in [0, 0.05) is 12.1 Å². The van der Waals surface area contributed by atoms with Crippen LogP contribution in [0.25, 0.3) is 5.69 Å². The maximum Gasteiger partial charge on any atom is 0.210 e. The first kappa shape index (κ1) is 7.92. The van der Waals surface area contributed by atoms with Crippen LogP contribution in [0.15, 0.2) is 49.1 Å². The Kier molecular flexibility index (Phi) is 2.04. The van der Waals surface area contributed by atoms with E-state index in [4.69, 9.17) is 0 Å². The Morgan fingerprint density at radius 1 is 1.00 bits per heavy atom. The normalized spacial score (nSPS) is 9.92. The highest BCUT2D eigenvalue weighted by molar-refractivity contribution is 5.26. The third-order valence-corrected chi connectivity index (χ3v) is 1.96. The lowest BCUT2D eigenvalue weighted by molar-refractivity contribution is -0.596. The fourth-order valence-electron chi connectivity index (χ4n) is 1.21. The third-order valence-electron chi connectivity index (χ3n) is 1.96. The van der Waals surface area contributed by atoms with Crippen LogP contribution in [-0.2, 0) is 0 Å². The molecular weight excluding hydrogens is 160 g/mol. The first-order valence-electron chi connectivity index (χ1n) is 4.24. The SMILES string of the molecule is Cc1ccc(-[n+]2ccncc2)cc1. The summed E-state index contributed by atoms with van der Waals surface area (Å²) in [5.74, 6) is 0. The second kappa shape index (κ2) is 3.35. The summed E-state index contributed by atoms with van der Waals surface area (Å²) in [5.41, 5.74) is 2.44. The zero-order chi connectivity index (χ0) is 9.10. The molecule has 0 unspecified atom stereocenters. The average Bonchev–Trinajstić information content (AvgIpc) is 2.20. The van der Waals surface area contributed by atoms with Gasteiger partial charge in [0.25, 0.3) is 0 Å². The van der Waals surface area contributed by atoms with Crippen molar-refractivity contribution in [2.75, 3.05) is 0 Å². The van der Waals surface area contributed by atoms with E-state index < -0.39 is 0 Å². The number of benzene rings is 1. The van der Waals surface area contributed by atoms with Crippen molar-refractivity contribution >= 4 is 0 Å². The second-order valence-electron chi connectivity index (χ2n) is 2.99. The molecule has 0 amide bonds. The van der Waals surface area contributed by atoms with Crippen LogP contribution >= 0.6 is 0 Å². The quantitative estimate of drug-likeness (QED) is 0.596. The van der Waals surface area contributed by atoms with Gasteiger partial charge in [-0.15, -0.1) is 0 Å². The van der Waals surface area contributed by atoms with Crippen molar-refractivity contribution in [1.29, 1.82) is 0 Å². The molecule has 0 spiro atoms. The van der Waals surface area contributed by atoms with E-state index in [9.17, 15) is 0 Å². The minimum Gasteiger partial charge on any atom is -0.252 e. The van der Waals surface area contributed by atoms with Crippen molar-refractivity contribution in [3.63, 3.8) is 0 Å². The van der Waals surface area contributed by atoms with Gasteiger partial charge in [0.2, 0.25) is 5.69 Å². The number of rotatable bonds is 1. The van der Waals surface area contributed by atoms with Gasteiger partial charge in [-0.05, 0) is 6.92 Å². The van der Waals surface area contributed by atoms with Crippen LogP contribution in [0.4, 0.5) is 0 Å². The number of nitrogens with zero attached hydrogens (tertiary/aromatic N) is 2. The summed E-state index contributed by atoms with van der Waals surface area (Å²) in [6, 6.07) is 8.39. The minimum atomic E-state index is 1.16. The molecule has 0 aliphatic carbocycles. The standard InChI is InChI=1S/C11H11N2/c1-10-2-4-11(5-3-10)13-8-6-12-7-9-13/h2-9H,1H3/q+1. The van der Waals surface area contributed by atoms with Crippen molar-refractivity contribution in [2.45, 2.75) is 6.92 Å². The molecule has 0 fully saturated rings. The van der Waals surface area contributed by atoms with Crippen molar-refractivity contribution in [3.8, 4) is 5.69 Å². The molecule has 1 aromatic carbocycles. The molecule has 2 heteroatoms. The van der Waals surface area contributed by atoms with E-state index in [-0.39, 0.29) is 0 Å². The van der Waals surface area contributed by atoms with E-state index in [1.807, 2.05) is 17.0 Å². The third kappa shape index (κ3) is 1.72. The van der Waals surface area contributed by atoms with Crippen LogP contribution in [0.2, 0.25) is 0 Å². The highest BCUT2D eigenvalue weighted by Crippen LogP contribution is 2.01. The highest BCUT2D eigenvalue weighted by atomic mass is 15.0. The lowest BCUT2D eigenvalue weighted by Crippen LogP contribution is -2.29. The summed E-state index contributed by atoms with van der Waals surface area (Å²) in [6.45, 7) is 2.08. The zero-order valence-corrected chi connectivity index (χ0v) is 7.51. The summed E-state index contributed by atoms with van der Waals surface area (Å²) in [7, 11) is 0. The molecule has 0 atom stereocenters. The van der Waals surface area contributed by atoms with Crippen LogP contribution in [0.1, 0.15) is 5.56 Å². The van der Waals surface area contributed by atoms with Crippen LogP contribution < -0.4 is 4.57 Å². The lowest BCUT2D eigenvalue weighted by atomic mass is 10.2. The highest BCUT2D eigenvalue weighted by Gasteiger charge is 2.01. The lowest BCUT2D eigenvalue weighted by Gasteiger charge is -1.94. The first-order chi connectivity index (χ1) is 6.36. The van der Waals surface area contributed by atoms with Gasteiger partial charge < -0.3 is 0 Å². The summed E-state index contributed by atoms with van der Waals surface area (Å²) in [5, 5.41) is 0. The predicted octanol–water partition coefficient (Wildman–Crippen LogP) is 1.67. The Bertz CT molecular complexity index is 379. The predicted molar refractivity (Wildman–Crippen MR) is 50.5 cm³/mol. The van der Waals surface area contributed by atoms with Gasteiger partial charge in [0.05, 0.1) is 12.4 Å². The van der Waals surface area contributed by atoms with Gasteiger partial charge >= 0.3 is 0 Å². The number of hydrogen-bond donors (Lipinski definition) is 0. The molecule has 2 nitrogen and oxygen atoms in total. The number of aromatic nitrogens is 2. The smallest absolute Gasteiger partial charge is 0.210 e. The fourth-order valence-corrected chi connectivity index (χ4v) is 1.21. The van der Waals surface area contributed by atoms with Gasteiger partial charge in [0.15, 0.2) is 12.4 Å². The van der Waals surface area contributed by atoms with Crippen molar-refractivity contribution < 1.29 is 4.57 Å². The number of aryl methyl sites for hydroxylation is 1. The summed E-state index contributed by atoms with van der Waals surface area (Å²) in [6.07, 6.45) is 7.43. The summed E-state index contributed by atoms with van der Waals surface area (Å²) >= 11 is 0. The summed E-state index contributed by atoms with van der Waals surface area (Å²) < 4.78 is 2.03. The maximum absolute atomic E-state index is 3.97. The van der Waals surface area contributed by atoms with Crippen LogP contribution in [0, 0.1) is 6.92 Å². The van der Waals surface area contributed by atoms with E-state index in [1.54, 1.807) is 12.4 Å². The molecular formula is C11H11N2+. The minimum absolute atomic E-state index is 1.16. The summed E-state index contributed by atoms with van der Waals surface area (Å²) in [4.78, 5) is 3.97. The van der Waals surface area contributed by atoms with E-state index in [2.05, 4.69) is 36.2 Å². The van der Waals surface area contributed by atoms with Crippen LogP contribution in [-0.4, -0.2) is 4.98 Å². The van der Waals surface area contributed by atoms with Crippen LogP contribution in [0.3, 0.4) is 0 Å². The first-order valence-corrected chi connectivity index (χ1v) is 4.24. The van der Waals surface area contributed by atoms with Crippen LogP contribution in [0.5, 0.6) is 0 Å². The molecule has 2 aromatic rings. The van der Waals surface area contributed by atoms with Gasteiger partial charge in [-0.1, -0.05) is 17.7 Å². The molecule has 0 N–H and O–H groups in total. The number of hydrogen-bond acceptors (Lipinski definition) is 1. The van der Waals surface area contributed by atoms with Crippen molar-refractivity contribution in [1.82, 2.24) is 4.98 Å². The molecule has 13 heavy (non-hydrogen) atoms. The van der Waals surface area contributed by atoms with E-state index in [0.717, 1.165) is 5.69 Å².